The Hall–Kier alpha value is -0.630. The average molecular weight is 180 g/mol. The molecule has 0 saturated carbocycles. The molecule has 0 radical (unpaired) electrons. The molecule has 0 bridgehead atoms. The number of hydrogen-bond acceptors (Lipinski definition) is 2. The second-order valence-corrected chi connectivity index (χ2v) is 4.33. The molecular formula is C10H12OS. The molecule has 1 heterocycles. The molecule has 1 aromatic carbocycles. The fourth-order valence-electron chi connectivity index (χ4n) is 1.46. The van der Waals surface area contributed by atoms with Crippen LogP contribution in [0.1, 0.15) is 18.9 Å². The van der Waals surface area contributed by atoms with Crippen molar-refractivity contribution >= 4 is 12.6 Å². The summed E-state index contributed by atoms with van der Waals surface area (Å²) >= 11 is 4.42. The molecule has 1 aliphatic heterocycles. The van der Waals surface area contributed by atoms with Gasteiger partial charge < -0.3 is 4.74 Å². The van der Waals surface area contributed by atoms with Crippen molar-refractivity contribution in [1.82, 2.24) is 0 Å². The SMILES string of the molecule is CC1(S)CCc2ccccc2O1. The van der Waals surface area contributed by atoms with E-state index in [9.17, 15) is 0 Å². The highest BCUT2D eigenvalue weighted by molar-refractivity contribution is 7.81. The van der Waals surface area contributed by atoms with Gasteiger partial charge in [0.2, 0.25) is 0 Å². The van der Waals surface area contributed by atoms with Crippen LogP contribution in [0.15, 0.2) is 24.3 Å². The van der Waals surface area contributed by atoms with E-state index in [4.69, 9.17) is 4.74 Å². The third kappa shape index (κ3) is 1.44. The highest BCUT2D eigenvalue weighted by atomic mass is 32.1. The van der Waals surface area contributed by atoms with E-state index in [-0.39, 0.29) is 4.93 Å². The third-order valence-electron chi connectivity index (χ3n) is 2.16. The fourth-order valence-corrected chi connectivity index (χ4v) is 1.67. The monoisotopic (exact) mass is 180 g/mol. The van der Waals surface area contributed by atoms with Gasteiger partial charge in [-0.25, -0.2) is 0 Å². The van der Waals surface area contributed by atoms with Crippen LogP contribution in [0.4, 0.5) is 0 Å². The highest BCUT2D eigenvalue weighted by Crippen LogP contribution is 2.34. The molecule has 0 aromatic heterocycles. The molecule has 0 amide bonds. The van der Waals surface area contributed by atoms with Crippen LogP contribution in [0, 0.1) is 0 Å². The molecule has 0 aliphatic carbocycles. The number of hydrogen-bond donors (Lipinski definition) is 1. The Morgan fingerprint density at radius 1 is 1.42 bits per heavy atom. The second-order valence-electron chi connectivity index (χ2n) is 3.38. The number of aryl methyl sites for hydroxylation is 1. The van der Waals surface area contributed by atoms with Crippen LogP contribution in [-0.4, -0.2) is 4.93 Å². The fraction of sp³-hybridized carbons (Fsp3) is 0.400. The molecule has 1 unspecified atom stereocenters. The minimum atomic E-state index is -0.283. The summed E-state index contributed by atoms with van der Waals surface area (Å²) in [7, 11) is 0. The van der Waals surface area contributed by atoms with Crippen molar-refractivity contribution in [2.75, 3.05) is 0 Å². The molecule has 1 nitrogen and oxygen atoms in total. The highest BCUT2D eigenvalue weighted by Gasteiger charge is 2.26. The van der Waals surface area contributed by atoms with Crippen LogP contribution in [0.3, 0.4) is 0 Å². The molecule has 0 N–H and O–H groups in total. The van der Waals surface area contributed by atoms with Crippen molar-refractivity contribution in [2.24, 2.45) is 0 Å². The Bertz CT molecular complexity index is 294. The molecule has 0 saturated heterocycles. The van der Waals surface area contributed by atoms with E-state index in [0.29, 0.717) is 0 Å². The lowest BCUT2D eigenvalue weighted by Crippen LogP contribution is -2.29. The smallest absolute Gasteiger partial charge is 0.149 e. The Morgan fingerprint density at radius 3 is 3.00 bits per heavy atom. The number of fused-ring (bicyclic) bond motifs is 1. The first kappa shape index (κ1) is 7.99. The van der Waals surface area contributed by atoms with Crippen molar-refractivity contribution in [3.05, 3.63) is 29.8 Å². The number of ether oxygens (including phenoxy) is 1. The van der Waals surface area contributed by atoms with Gasteiger partial charge in [-0.15, -0.1) is 12.6 Å². The molecule has 1 aliphatic rings. The van der Waals surface area contributed by atoms with Gasteiger partial charge in [0, 0.05) is 6.42 Å². The van der Waals surface area contributed by atoms with E-state index >= 15 is 0 Å². The first-order valence-electron chi connectivity index (χ1n) is 4.17. The summed E-state index contributed by atoms with van der Waals surface area (Å²) in [4.78, 5) is -0.283. The van der Waals surface area contributed by atoms with Gasteiger partial charge in [0.25, 0.3) is 0 Å². The first-order chi connectivity index (χ1) is 5.67. The largest absolute Gasteiger partial charge is 0.477 e. The van der Waals surface area contributed by atoms with Crippen LogP contribution >= 0.6 is 12.6 Å². The van der Waals surface area contributed by atoms with Gasteiger partial charge in [0.15, 0.2) is 0 Å². The van der Waals surface area contributed by atoms with Gasteiger partial charge in [-0.2, -0.15) is 0 Å². The zero-order valence-corrected chi connectivity index (χ0v) is 7.97. The second kappa shape index (κ2) is 2.70. The summed E-state index contributed by atoms with van der Waals surface area (Å²) in [5.74, 6) is 0.987. The minimum absolute atomic E-state index is 0.283. The lowest BCUT2D eigenvalue weighted by molar-refractivity contribution is 0.160. The Labute approximate surface area is 78.2 Å². The predicted octanol–water partition coefficient (Wildman–Crippen LogP) is 2.66. The van der Waals surface area contributed by atoms with Gasteiger partial charge in [-0.3, -0.25) is 0 Å². The number of thiol groups is 1. The summed E-state index contributed by atoms with van der Waals surface area (Å²) in [5.41, 5.74) is 1.30. The predicted molar refractivity (Wildman–Crippen MR) is 52.8 cm³/mol. The molecule has 1 aromatic rings. The van der Waals surface area contributed by atoms with Crippen LogP contribution in [0.5, 0.6) is 5.75 Å². The maximum atomic E-state index is 5.68. The molecule has 64 valence electrons. The standard InChI is InChI=1S/C10H12OS/c1-10(12)7-6-8-4-2-3-5-9(8)11-10/h2-5,12H,6-7H2,1H3. The van der Waals surface area contributed by atoms with E-state index in [0.717, 1.165) is 18.6 Å². The van der Waals surface area contributed by atoms with Gasteiger partial charge in [0.1, 0.15) is 10.7 Å². The third-order valence-corrected chi connectivity index (χ3v) is 2.48. The van der Waals surface area contributed by atoms with Gasteiger partial charge in [0.05, 0.1) is 0 Å². The van der Waals surface area contributed by atoms with Crippen LogP contribution in [-0.2, 0) is 6.42 Å². The van der Waals surface area contributed by atoms with E-state index in [2.05, 4.69) is 18.7 Å². The zero-order valence-electron chi connectivity index (χ0n) is 7.08. The van der Waals surface area contributed by atoms with Crippen molar-refractivity contribution in [3.63, 3.8) is 0 Å². The van der Waals surface area contributed by atoms with Gasteiger partial charge in [-0.1, -0.05) is 18.2 Å². The molecule has 2 rings (SSSR count). The van der Waals surface area contributed by atoms with E-state index in [1.54, 1.807) is 0 Å². The molecule has 1 atom stereocenters. The van der Waals surface area contributed by atoms with E-state index in [1.165, 1.54) is 5.56 Å². The van der Waals surface area contributed by atoms with Crippen molar-refractivity contribution in [2.45, 2.75) is 24.7 Å². The number of benzene rings is 1. The molecule has 0 fully saturated rings. The molecule has 0 spiro atoms. The van der Waals surface area contributed by atoms with Crippen molar-refractivity contribution in [1.29, 1.82) is 0 Å². The normalized spacial score (nSPS) is 27.5. The molecule has 12 heavy (non-hydrogen) atoms. The Kier molecular flexibility index (Phi) is 1.80. The van der Waals surface area contributed by atoms with E-state index in [1.807, 2.05) is 25.1 Å². The Morgan fingerprint density at radius 2 is 2.17 bits per heavy atom. The van der Waals surface area contributed by atoms with Crippen LogP contribution in [0.2, 0.25) is 0 Å². The van der Waals surface area contributed by atoms with Crippen molar-refractivity contribution < 1.29 is 4.74 Å². The maximum Gasteiger partial charge on any atom is 0.149 e. The minimum Gasteiger partial charge on any atom is -0.477 e. The summed E-state index contributed by atoms with van der Waals surface area (Å²) < 4.78 is 5.68. The number of rotatable bonds is 0. The average Bonchev–Trinajstić information content (AvgIpc) is 2.02. The summed E-state index contributed by atoms with van der Waals surface area (Å²) in [5, 5.41) is 0. The lowest BCUT2D eigenvalue weighted by Gasteiger charge is -2.31. The van der Waals surface area contributed by atoms with Gasteiger partial charge >= 0.3 is 0 Å². The molecule has 2 heteroatoms. The Balaban J connectivity index is 2.35. The quantitative estimate of drug-likeness (QED) is 0.604. The zero-order chi connectivity index (χ0) is 8.60. The topological polar surface area (TPSA) is 9.23 Å². The lowest BCUT2D eigenvalue weighted by atomic mass is 10.0. The maximum absolute atomic E-state index is 5.68. The number of para-hydroxylation sites is 1. The van der Waals surface area contributed by atoms with Gasteiger partial charge in [-0.05, 0) is 25.0 Å². The van der Waals surface area contributed by atoms with Crippen LogP contribution < -0.4 is 4.74 Å². The molecular weight excluding hydrogens is 168 g/mol. The first-order valence-corrected chi connectivity index (χ1v) is 4.61. The van der Waals surface area contributed by atoms with Crippen LogP contribution in [0.25, 0.3) is 0 Å². The van der Waals surface area contributed by atoms with E-state index < -0.39 is 0 Å². The summed E-state index contributed by atoms with van der Waals surface area (Å²) in [6, 6.07) is 8.15. The van der Waals surface area contributed by atoms with Crippen molar-refractivity contribution in [3.8, 4) is 5.75 Å². The summed E-state index contributed by atoms with van der Waals surface area (Å²) in [6.45, 7) is 2.01. The summed E-state index contributed by atoms with van der Waals surface area (Å²) in [6.07, 6.45) is 2.04.